The van der Waals surface area contributed by atoms with Crippen LogP contribution in [0.4, 0.5) is 4.39 Å². The van der Waals surface area contributed by atoms with Crippen LogP contribution in [-0.4, -0.2) is 18.3 Å². The van der Waals surface area contributed by atoms with Crippen molar-refractivity contribution in [3.63, 3.8) is 0 Å². The molecule has 0 spiro atoms. The molecule has 0 radical (unpaired) electrons. The smallest absolute Gasteiger partial charge is 0.165 e. The number of nitrogens with two attached hydrogens (primary N) is 1. The molecular formula is C13H21ClFNO2. The van der Waals surface area contributed by atoms with Crippen LogP contribution in [0.2, 0.25) is 0 Å². The van der Waals surface area contributed by atoms with Crippen molar-refractivity contribution in [2.75, 3.05) is 7.11 Å². The van der Waals surface area contributed by atoms with E-state index in [4.69, 9.17) is 10.5 Å². The average Bonchev–Trinajstić information content (AvgIpc) is 2.35. The van der Waals surface area contributed by atoms with E-state index in [0.717, 1.165) is 6.42 Å². The van der Waals surface area contributed by atoms with Crippen molar-refractivity contribution in [1.29, 1.82) is 0 Å². The molecular weight excluding hydrogens is 257 g/mol. The number of aliphatic hydroxyl groups is 1. The third kappa shape index (κ3) is 3.57. The van der Waals surface area contributed by atoms with Crippen LogP contribution >= 0.6 is 12.4 Å². The minimum Gasteiger partial charge on any atom is -0.493 e. The van der Waals surface area contributed by atoms with Crippen molar-refractivity contribution in [3.8, 4) is 5.75 Å². The zero-order chi connectivity index (χ0) is 13.0. The van der Waals surface area contributed by atoms with Crippen molar-refractivity contribution in [2.24, 2.45) is 11.7 Å². The standard InChI is InChI=1S/C13H20FNO2.ClH/c1-4-8(2)12(16)11(15)9-6-5-7-10(14)13(9)17-3;/h5-8,11-12,16H,4,15H2,1-3H3;1H/t8?,11-,12+;/m1./s1. The molecule has 18 heavy (non-hydrogen) atoms. The van der Waals surface area contributed by atoms with E-state index in [2.05, 4.69) is 0 Å². The second kappa shape index (κ2) is 7.56. The molecule has 0 saturated carbocycles. The van der Waals surface area contributed by atoms with Gasteiger partial charge in [0.1, 0.15) is 0 Å². The zero-order valence-electron chi connectivity index (χ0n) is 10.9. The van der Waals surface area contributed by atoms with Gasteiger partial charge in [-0.15, -0.1) is 12.4 Å². The van der Waals surface area contributed by atoms with Gasteiger partial charge in [0, 0.05) is 5.56 Å². The fraction of sp³-hybridized carbons (Fsp3) is 0.538. The Morgan fingerprint density at radius 2 is 2.06 bits per heavy atom. The predicted molar refractivity (Wildman–Crippen MR) is 72.6 cm³/mol. The van der Waals surface area contributed by atoms with E-state index in [1.54, 1.807) is 12.1 Å². The van der Waals surface area contributed by atoms with Gasteiger partial charge in [0.05, 0.1) is 19.3 Å². The van der Waals surface area contributed by atoms with E-state index in [9.17, 15) is 9.50 Å². The third-order valence-corrected chi connectivity index (χ3v) is 3.16. The Kier molecular flexibility index (Phi) is 7.21. The predicted octanol–water partition coefficient (Wildman–Crippen LogP) is 2.66. The van der Waals surface area contributed by atoms with Crippen LogP contribution in [0.15, 0.2) is 18.2 Å². The maximum absolute atomic E-state index is 13.5. The average molecular weight is 278 g/mol. The van der Waals surface area contributed by atoms with E-state index in [1.165, 1.54) is 13.2 Å². The van der Waals surface area contributed by atoms with Crippen LogP contribution in [0.5, 0.6) is 5.75 Å². The molecule has 5 heteroatoms. The molecule has 0 aromatic heterocycles. The van der Waals surface area contributed by atoms with Crippen molar-refractivity contribution in [1.82, 2.24) is 0 Å². The molecule has 3 atom stereocenters. The summed E-state index contributed by atoms with van der Waals surface area (Å²) in [5.41, 5.74) is 6.46. The van der Waals surface area contributed by atoms with Crippen LogP contribution in [0.3, 0.4) is 0 Å². The summed E-state index contributed by atoms with van der Waals surface area (Å²) < 4.78 is 18.5. The van der Waals surface area contributed by atoms with Crippen LogP contribution in [0.25, 0.3) is 0 Å². The van der Waals surface area contributed by atoms with Gasteiger partial charge in [-0.2, -0.15) is 0 Å². The number of halogens is 2. The lowest BCUT2D eigenvalue weighted by Crippen LogP contribution is -2.32. The summed E-state index contributed by atoms with van der Waals surface area (Å²) in [5, 5.41) is 10.0. The Labute approximate surface area is 114 Å². The molecule has 0 aliphatic carbocycles. The highest BCUT2D eigenvalue weighted by molar-refractivity contribution is 5.85. The second-order valence-electron chi connectivity index (χ2n) is 4.26. The summed E-state index contributed by atoms with van der Waals surface area (Å²) in [6.45, 7) is 3.89. The fourth-order valence-corrected chi connectivity index (χ4v) is 1.78. The van der Waals surface area contributed by atoms with Gasteiger partial charge in [-0.1, -0.05) is 32.4 Å². The minimum absolute atomic E-state index is 0. The largest absolute Gasteiger partial charge is 0.493 e. The highest BCUT2D eigenvalue weighted by atomic mass is 35.5. The number of para-hydroxylation sites is 1. The van der Waals surface area contributed by atoms with Crippen LogP contribution in [-0.2, 0) is 0 Å². The van der Waals surface area contributed by atoms with Gasteiger partial charge in [0.25, 0.3) is 0 Å². The number of ether oxygens (including phenoxy) is 1. The normalized spacial score (nSPS) is 15.4. The topological polar surface area (TPSA) is 55.5 Å². The van der Waals surface area contributed by atoms with Crippen molar-refractivity contribution < 1.29 is 14.2 Å². The molecule has 0 saturated heterocycles. The lowest BCUT2D eigenvalue weighted by Gasteiger charge is -2.25. The van der Waals surface area contributed by atoms with Gasteiger partial charge in [-0.25, -0.2) is 4.39 Å². The first-order valence-corrected chi connectivity index (χ1v) is 5.78. The maximum atomic E-state index is 13.5. The molecule has 0 aliphatic rings. The molecule has 0 aliphatic heterocycles. The van der Waals surface area contributed by atoms with Crippen molar-refractivity contribution in [3.05, 3.63) is 29.6 Å². The van der Waals surface area contributed by atoms with Crippen molar-refractivity contribution >= 4 is 12.4 Å². The third-order valence-electron chi connectivity index (χ3n) is 3.16. The summed E-state index contributed by atoms with van der Waals surface area (Å²) >= 11 is 0. The Hall–Kier alpha value is -0.840. The summed E-state index contributed by atoms with van der Waals surface area (Å²) in [7, 11) is 1.39. The minimum atomic E-state index is -0.712. The Bertz CT molecular complexity index is 376. The zero-order valence-corrected chi connectivity index (χ0v) is 11.7. The number of hydrogen-bond donors (Lipinski definition) is 2. The van der Waals surface area contributed by atoms with Crippen LogP contribution in [0.1, 0.15) is 31.9 Å². The number of rotatable bonds is 5. The molecule has 1 unspecified atom stereocenters. The summed E-state index contributed by atoms with van der Waals surface area (Å²) in [4.78, 5) is 0. The molecule has 3 nitrogen and oxygen atoms in total. The Balaban J connectivity index is 0.00000289. The molecule has 0 heterocycles. The number of methoxy groups -OCH3 is 1. The van der Waals surface area contributed by atoms with E-state index in [1.807, 2.05) is 13.8 Å². The summed E-state index contributed by atoms with van der Waals surface area (Å²) in [6, 6.07) is 3.91. The molecule has 104 valence electrons. The van der Waals surface area contributed by atoms with Gasteiger partial charge in [-0.05, 0) is 12.0 Å². The van der Waals surface area contributed by atoms with E-state index >= 15 is 0 Å². The van der Waals surface area contributed by atoms with Gasteiger partial charge < -0.3 is 15.6 Å². The quantitative estimate of drug-likeness (QED) is 0.870. The van der Waals surface area contributed by atoms with Crippen molar-refractivity contribution in [2.45, 2.75) is 32.4 Å². The molecule has 0 fully saturated rings. The lowest BCUT2D eigenvalue weighted by atomic mass is 9.91. The van der Waals surface area contributed by atoms with Gasteiger partial charge in [-0.3, -0.25) is 0 Å². The molecule has 1 aromatic rings. The molecule has 1 rings (SSSR count). The molecule has 3 N–H and O–H groups in total. The van der Waals surface area contributed by atoms with Gasteiger partial charge in [0.2, 0.25) is 0 Å². The van der Waals surface area contributed by atoms with Gasteiger partial charge in [0.15, 0.2) is 11.6 Å². The Morgan fingerprint density at radius 3 is 2.56 bits per heavy atom. The summed E-state index contributed by atoms with van der Waals surface area (Å²) in [5.74, 6) is -0.294. The second-order valence-corrected chi connectivity index (χ2v) is 4.26. The molecule has 0 amide bonds. The number of benzene rings is 1. The fourth-order valence-electron chi connectivity index (χ4n) is 1.78. The first-order valence-electron chi connectivity index (χ1n) is 5.78. The highest BCUT2D eigenvalue weighted by Crippen LogP contribution is 2.30. The van der Waals surface area contributed by atoms with Crippen LogP contribution < -0.4 is 10.5 Å². The SMILES string of the molecule is CCC(C)[C@H](O)[C@H](N)c1cccc(F)c1OC.Cl. The first kappa shape index (κ1) is 17.2. The highest BCUT2D eigenvalue weighted by Gasteiger charge is 2.25. The summed E-state index contributed by atoms with van der Waals surface area (Å²) in [6.07, 6.45) is 0.0997. The monoisotopic (exact) mass is 277 g/mol. The number of hydrogen-bond acceptors (Lipinski definition) is 3. The number of aliphatic hydroxyl groups excluding tert-OH is 1. The molecule has 1 aromatic carbocycles. The van der Waals surface area contributed by atoms with Crippen LogP contribution in [0, 0.1) is 11.7 Å². The Morgan fingerprint density at radius 1 is 1.44 bits per heavy atom. The van der Waals surface area contributed by atoms with Gasteiger partial charge >= 0.3 is 0 Å². The van der Waals surface area contributed by atoms with E-state index in [0.29, 0.717) is 5.56 Å². The molecule has 0 bridgehead atoms. The maximum Gasteiger partial charge on any atom is 0.165 e. The first-order chi connectivity index (χ1) is 8.02. The van der Waals surface area contributed by atoms with E-state index < -0.39 is 18.0 Å². The lowest BCUT2D eigenvalue weighted by molar-refractivity contribution is 0.0869. The van der Waals surface area contributed by atoms with E-state index in [-0.39, 0.29) is 24.1 Å².